The monoisotopic (exact) mass is 456 g/mol. The molecule has 31 heavy (non-hydrogen) atoms. The molecule has 0 radical (unpaired) electrons. The van der Waals surface area contributed by atoms with Crippen molar-refractivity contribution in [3.05, 3.63) is 77.6 Å². The second-order valence-corrected chi connectivity index (χ2v) is 8.73. The number of carbonyl (C=O) groups is 1. The smallest absolute Gasteiger partial charge is 0.263 e. The van der Waals surface area contributed by atoms with Gasteiger partial charge < -0.3 is 9.84 Å². The molecule has 0 aliphatic rings. The quantitative estimate of drug-likeness (QED) is 0.383. The van der Waals surface area contributed by atoms with Crippen molar-refractivity contribution in [2.75, 3.05) is 10.0 Å². The molecule has 0 saturated heterocycles. The summed E-state index contributed by atoms with van der Waals surface area (Å²) in [6, 6.07) is 15.1. The van der Waals surface area contributed by atoms with Crippen LogP contribution in [-0.2, 0) is 14.8 Å². The predicted molar refractivity (Wildman–Crippen MR) is 123 cm³/mol. The maximum Gasteiger partial charge on any atom is 0.263 e. The maximum absolute atomic E-state index is 12.4. The van der Waals surface area contributed by atoms with Crippen LogP contribution in [0.2, 0.25) is 0 Å². The minimum absolute atomic E-state index is 0.0367. The first kappa shape index (κ1) is 22.2. The number of sulfonamides is 1. The Balaban J connectivity index is 1.55. The molecule has 0 unspecified atom stereocenters. The second-order valence-electron chi connectivity index (χ2n) is 6.64. The molecule has 3 N–H and O–H groups in total. The highest BCUT2D eigenvalue weighted by Gasteiger charge is 2.16. The van der Waals surface area contributed by atoms with Gasteiger partial charge in [0.15, 0.2) is 10.9 Å². The minimum atomic E-state index is -3.81. The minimum Gasteiger partial charge on any atom is -0.360 e. The van der Waals surface area contributed by atoms with Gasteiger partial charge in [-0.05, 0) is 62.0 Å². The largest absolute Gasteiger partial charge is 0.360 e. The average molecular weight is 457 g/mol. The number of thiocarbonyl (C=S) groups is 1. The predicted octanol–water partition coefficient (Wildman–Crippen LogP) is 3.62. The van der Waals surface area contributed by atoms with Crippen molar-refractivity contribution < 1.29 is 17.7 Å². The van der Waals surface area contributed by atoms with Crippen molar-refractivity contribution in [1.29, 1.82) is 0 Å². The molecule has 1 amide bonds. The molecule has 3 rings (SSSR count). The Morgan fingerprint density at radius 2 is 1.74 bits per heavy atom. The van der Waals surface area contributed by atoms with Crippen LogP contribution >= 0.6 is 12.2 Å². The first-order valence-corrected chi connectivity index (χ1v) is 11.0. The molecule has 0 aliphatic carbocycles. The van der Waals surface area contributed by atoms with Gasteiger partial charge in [0.1, 0.15) is 5.76 Å². The van der Waals surface area contributed by atoms with Gasteiger partial charge in [-0.1, -0.05) is 35.0 Å². The van der Waals surface area contributed by atoms with E-state index >= 15 is 0 Å². The van der Waals surface area contributed by atoms with E-state index in [0.717, 1.165) is 11.1 Å². The van der Waals surface area contributed by atoms with E-state index in [0.29, 0.717) is 11.4 Å². The van der Waals surface area contributed by atoms with Gasteiger partial charge in [-0.2, -0.15) is 0 Å². The third-order valence-corrected chi connectivity index (χ3v) is 5.61. The number of amides is 1. The summed E-state index contributed by atoms with van der Waals surface area (Å²) in [5.74, 6) is 0.202. The lowest BCUT2D eigenvalue weighted by Crippen LogP contribution is -2.32. The Morgan fingerprint density at radius 3 is 2.35 bits per heavy atom. The number of carbonyl (C=O) groups excluding carboxylic acids is 1. The van der Waals surface area contributed by atoms with Crippen molar-refractivity contribution >= 4 is 50.8 Å². The van der Waals surface area contributed by atoms with Crippen LogP contribution in [0, 0.1) is 13.8 Å². The number of aryl methyl sites for hydroxylation is 2. The van der Waals surface area contributed by atoms with E-state index in [1.165, 1.54) is 36.4 Å². The number of benzene rings is 2. The Hall–Kier alpha value is -3.50. The highest BCUT2D eigenvalue weighted by atomic mass is 32.2. The van der Waals surface area contributed by atoms with Crippen LogP contribution in [0.15, 0.2) is 70.1 Å². The van der Waals surface area contributed by atoms with Crippen LogP contribution < -0.4 is 15.4 Å². The molecule has 0 aliphatic heterocycles. The first-order valence-electron chi connectivity index (χ1n) is 9.14. The number of nitrogens with one attached hydrogen (secondary N) is 3. The summed E-state index contributed by atoms with van der Waals surface area (Å²) in [6.07, 6.45) is 3.06. The Bertz CT molecular complexity index is 1220. The highest BCUT2D eigenvalue weighted by Crippen LogP contribution is 2.18. The fourth-order valence-electron chi connectivity index (χ4n) is 2.49. The highest BCUT2D eigenvalue weighted by molar-refractivity contribution is 7.92. The molecule has 2 aromatic carbocycles. The van der Waals surface area contributed by atoms with Gasteiger partial charge in [-0.3, -0.25) is 14.8 Å². The van der Waals surface area contributed by atoms with Crippen molar-refractivity contribution in [1.82, 2.24) is 10.5 Å². The van der Waals surface area contributed by atoms with Crippen molar-refractivity contribution in [3.63, 3.8) is 0 Å². The molecule has 1 aromatic heterocycles. The van der Waals surface area contributed by atoms with E-state index in [-0.39, 0.29) is 21.7 Å². The van der Waals surface area contributed by atoms with Crippen molar-refractivity contribution in [3.8, 4) is 0 Å². The summed E-state index contributed by atoms with van der Waals surface area (Å²) in [6.45, 7) is 3.64. The summed E-state index contributed by atoms with van der Waals surface area (Å²) in [5, 5.41) is 9.07. The molecular weight excluding hydrogens is 436 g/mol. The SMILES string of the molecule is Cc1ccc(C=CC(=O)NC(=S)Nc2ccc(S(=O)(=O)Nc3cc(C)on3)cc2)cc1. The second kappa shape index (κ2) is 9.54. The van der Waals surface area contributed by atoms with Gasteiger partial charge in [-0.15, -0.1) is 0 Å². The molecule has 0 saturated carbocycles. The van der Waals surface area contributed by atoms with Gasteiger partial charge in [0.2, 0.25) is 5.91 Å². The van der Waals surface area contributed by atoms with Crippen LogP contribution in [0.5, 0.6) is 0 Å². The first-order chi connectivity index (χ1) is 14.7. The van der Waals surface area contributed by atoms with E-state index in [2.05, 4.69) is 20.5 Å². The zero-order valence-corrected chi connectivity index (χ0v) is 18.4. The number of hydrogen-bond donors (Lipinski definition) is 3. The topological polar surface area (TPSA) is 113 Å². The third-order valence-electron chi connectivity index (χ3n) is 4.03. The molecule has 3 aromatic rings. The molecule has 0 spiro atoms. The van der Waals surface area contributed by atoms with Gasteiger partial charge in [0, 0.05) is 17.8 Å². The number of anilines is 2. The van der Waals surface area contributed by atoms with Crippen LogP contribution in [0.3, 0.4) is 0 Å². The zero-order chi connectivity index (χ0) is 22.4. The van der Waals surface area contributed by atoms with Crippen LogP contribution in [0.1, 0.15) is 16.9 Å². The standard InChI is InChI=1S/C21H20N4O4S2/c1-14-3-5-16(6-4-14)7-12-20(26)23-21(30)22-17-8-10-18(11-9-17)31(27,28)25-19-13-15(2)29-24-19/h3-13H,1-2H3,(H,24,25)(H2,22,23,26,30). The van der Waals surface area contributed by atoms with E-state index in [1.54, 1.807) is 13.0 Å². The summed E-state index contributed by atoms with van der Waals surface area (Å²) in [4.78, 5) is 12.1. The Morgan fingerprint density at radius 1 is 1.06 bits per heavy atom. The van der Waals surface area contributed by atoms with Gasteiger partial charge >= 0.3 is 0 Å². The number of nitrogens with zero attached hydrogens (tertiary/aromatic N) is 1. The van der Waals surface area contributed by atoms with E-state index in [4.69, 9.17) is 16.7 Å². The average Bonchev–Trinajstić information content (AvgIpc) is 3.11. The molecular formula is C21H20N4O4S2. The van der Waals surface area contributed by atoms with Gasteiger partial charge in [0.05, 0.1) is 4.90 Å². The van der Waals surface area contributed by atoms with Crippen molar-refractivity contribution in [2.24, 2.45) is 0 Å². The summed E-state index contributed by atoms with van der Waals surface area (Å²) >= 11 is 5.13. The van der Waals surface area contributed by atoms with E-state index in [9.17, 15) is 13.2 Å². The fraction of sp³-hybridized carbons (Fsp3) is 0.0952. The summed E-state index contributed by atoms with van der Waals surface area (Å²) in [5.41, 5.74) is 2.55. The maximum atomic E-state index is 12.4. The molecule has 8 nitrogen and oxygen atoms in total. The number of rotatable bonds is 6. The molecule has 0 fully saturated rings. The van der Waals surface area contributed by atoms with E-state index < -0.39 is 10.0 Å². The lowest BCUT2D eigenvalue weighted by atomic mass is 10.1. The normalized spacial score (nSPS) is 11.3. The summed E-state index contributed by atoms with van der Waals surface area (Å²) in [7, 11) is -3.81. The van der Waals surface area contributed by atoms with Crippen LogP contribution in [0.25, 0.3) is 6.08 Å². The number of hydrogen-bond acceptors (Lipinski definition) is 6. The molecule has 0 atom stereocenters. The third kappa shape index (κ3) is 6.49. The summed E-state index contributed by atoms with van der Waals surface area (Å²) < 4.78 is 32.0. The molecule has 1 heterocycles. The Kier molecular flexibility index (Phi) is 6.83. The Labute approximate surface area is 185 Å². The lowest BCUT2D eigenvalue weighted by molar-refractivity contribution is -0.115. The molecule has 10 heteroatoms. The van der Waals surface area contributed by atoms with Crippen LogP contribution in [0.4, 0.5) is 11.5 Å². The van der Waals surface area contributed by atoms with Crippen molar-refractivity contribution in [2.45, 2.75) is 18.7 Å². The lowest BCUT2D eigenvalue weighted by Gasteiger charge is -2.09. The molecule has 160 valence electrons. The molecule has 0 bridgehead atoms. The van der Waals surface area contributed by atoms with Gasteiger partial charge in [-0.25, -0.2) is 8.42 Å². The zero-order valence-electron chi connectivity index (χ0n) is 16.7. The van der Waals surface area contributed by atoms with Gasteiger partial charge in [0.25, 0.3) is 10.0 Å². The fourth-order valence-corrected chi connectivity index (χ4v) is 3.70. The number of aromatic nitrogens is 1. The van der Waals surface area contributed by atoms with E-state index in [1.807, 2.05) is 31.2 Å². The van der Waals surface area contributed by atoms with Crippen LogP contribution in [-0.4, -0.2) is 24.6 Å².